The summed E-state index contributed by atoms with van der Waals surface area (Å²) in [5.41, 5.74) is 4.02. The van der Waals surface area contributed by atoms with E-state index in [4.69, 9.17) is 11.6 Å². The Labute approximate surface area is 168 Å². The van der Waals surface area contributed by atoms with Crippen LogP contribution in [0.3, 0.4) is 0 Å². The van der Waals surface area contributed by atoms with Gasteiger partial charge < -0.3 is 10.3 Å². The third-order valence-corrected chi connectivity index (χ3v) is 6.11. The number of hydrogen-bond donors (Lipinski definition) is 2. The molecule has 1 atom stereocenters. The molecule has 2 N–H and O–H groups in total. The van der Waals surface area contributed by atoms with Gasteiger partial charge in [-0.1, -0.05) is 23.7 Å². The summed E-state index contributed by atoms with van der Waals surface area (Å²) >= 11 is 7.61. The van der Waals surface area contributed by atoms with Crippen molar-refractivity contribution in [1.29, 1.82) is 0 Å². The molecule has 0 bridgehead atoms. The molecule has 4 aromatic rings. The van der Waals surface area contributed by atoms with Crippen LogP contribution in [0, 0.1) is 6.92 Å². The van der Waals surface area contributed by atoms with Crippen molar-refractivity contribution in [1.82, 2.24) is 29.7 Å². The van der Waals surface area contributed by atoms with Gasteiger partial charge in [0.05, 0.1) is 23.0 Å². The van der Waals surface area contributed by atoms with Crippen molar-refractivity contribution in [2.75, 3.05) is 11.1 Å². The van der Waals surface area contributed by atoms with E-state index in [2.05, 4.69) is 30.4 Å². The van der Waals surface area contributed by atoms with Gasteiger partial charge in [-0.15, -0.1) is 11.8 Å². The molecule has 1 aliphatic heterocycles. The third-order valence-electron chi connectivity index (χ3n) is 4.58. The van der Waals surface area contributed by atoms with Crippen LogP contribution in [0.2, 0.25) is 5.02 Å². The number of aromatic amines is 1. The highest BCUT2D eigenvalue weighted by atomic mass is 35.5. The molecule has 10 heteroatoms. The fourth-order valence-electron chi connectivity index (χ4n) is 3.35. The number of H-pyrrole nitrogens is 1. The molecule has 0 saturated heterocycles. The van der Waals surface area contributed by atoms with Gasteiger partial charge in [0.1, 0.15) is 17.7 Å². The highest BCUT2D eigenvalue weighted by Crippen LogP contribution is 2.44. The zero-order valence-electron chi connectivity index (χ0n) is 14.7. The minimum absolute atomic E-state index is 0.0564. The van der Waals surface area contributed by atoms with Crippen LogP contribution >= 0.6 is 23.4 Å². The standard InChI is InChI=1S/C18H14ClN7OS/c1-9-13-15(10-2-4-11(19)5-3-10)28-6-12(27)24-17(13)26(25-9)18-14-16(21-7-20-14)22-8-23-18/h2-5,7-8,15H,6H2,1H3,(H,24,27)(H,20,21,22,23). The lowest BCUT2D eigenvalue weighted by atomic mass is 10.0. The number of amides is 1. The van der Waals surface area contributed by atoms with Gasteiger partial charge in [0.2, 0.25) is 5.91 Å². The Morgan fingerprint density at radius 1 is 1.21 bits per heavy atom. The molecular formula is C18H14ClN7OS. The van der Waals surface area contributed by atoms with Crippen LogP contribution in [0.15, 0.2) is 36.9 Å². The molecule has 3 aromatic heterocycles. The Morgan fingerprint density at radius 3 is 2.86 bits per heavy atom. The molecule has 0 fully saturated rings. The average molecular weight is 412 g/mol. The number of nitrogens with one attached hydrogen (secondary N) is 2. The maximum atomic E-state index is 12.4. The summed E-state index contributed by atoms with van der Waals surface area (Å²) < 4.78 is 1.65. The first kappa shape index (κ1) is 17.2. The normalized spacial score (nSPS) is 16.6. The number of hydrogen-bond acceptors (Lipinski definition) is 6. The fraction of sp³-hybridized carbons (Fsp3) is 0.167. The molecule has 0 aliphatic carbocycles. The maximum Gasteiger partial charge on any atom is 0.235 e. The second-order valence-corrected chi connectivity index (χ2v) is 7.88. The largest absolute Gasteiger partial charge is 0.340 e. The first-order valence-corrected chi connectivity index (χ1v) is 9.95. The Kier molecular flexibility index (Phi) is 4.06. The smallest absolute Gasteiger partial charge is 0.235 e. The minimum atomic E-state index is -0.0845. The number of thioether (sulfide) groups is 1. The van der Waals surface area contributed by atoms with Gasteiger partial charge in [0.15, 0.2) is 11.5 Å². The minimum Gasteiger partial charge on any atom is -0.340 e. The van der Waals surface area contributed by atoms with Crippen LogP contribution in [0.1, 0.15) is 22.1 Å². The molecule has 0 radical (unpaired) electrons. The monoisotopic (exact) mass is 411 g/mol. The summed E-state index contributed by atoms with van der Waals surface area (Å²) in [4.78, 5) is 28.2. The van der Waals surface area contributed by atoms with Crippen molar-refractivity contribution in [2.45, 2.75) is 12.2 Å². The topological polar surface area (TPSA) is 101 Å². The molecule has 1 aliphatic rings. The summed E-state index contributed by atoms with van der Waals surface area (Å²) in [5.74, 6) is 1.40. The Balaban J connectivity index is 1.73. The van der Waals surface area contributed by atoms with E-state index in [1.807, 2.05) is 31.2 Å². The number of benzene rings is 1. The number of anilines is 1. The molecular weight excluding hydrogens is 398 g/mol. The Bertz CT molecular complexity index is 1200. The van der Waals surface area contributed by atoms with Crippen molar-refractivity contribution in [3.05, 3.63) is 58.8 Å². The second-order valence-electron chi connectivity index (χ2n) is 6.35. The molecule has 1 amide bonds. The molecule has 5 rings (SSSR count). The summed E-state index contributed by atoms with van der Waals surface area (Å²) in [6.07, 6.45) is 2.99. The molecule has 1 unspecified atom stereocenters. The van der Waals surface area contributed by atoms with E-state index < -0.39 is 0 Å². The quantitative estimate of drug-likeness (QED) is 0.525. The van der Waals surface area contributed by atoms with Crippen molar-refractivity contribution >= 4 is 46.3 Å². The molecule has 4 heterocycles. The third kappa shape index (κ3) is 2.74. The highest BCUT2D eigenvalue weighted by Gasteiger charge is 2.31. The number of aromatic nitrogens is 6. The first-order chi connectivity index (χ1) is 13.6. The van der Waals surface area contributed by atoms with Crippen LogP contribution in [0.25, 0.3) is 17.0 Å². The van der Waals surface area contributed by atoms with E-state index in [9.17, 15) is 4.79 Å². The van der Waals surface area contributed by atoms with Crippen LogP contribution in [-0.2, 0) is 4.79 Å². The average Bonchev–Trinajstić information content (AvgIpc) is 3.24. The van der Waals surface area contributed by atoms with Crippen LogP contribution < -0.4 is 5.32 Å². The summed E-state index contributed by atoms with van der Waals surface area (Å²) in [7, 11) is 0. The number of rotatable bonds is 2. The Morgan fingerprint density at radius 2 is 2.04 bits per heavy atom. The number of nitrogens with zero attached hydrogens (tertiary/aromatic N) is 5. The Hall–Kier alpha value is -2.91. The van der Waals surface area contributed by atoms with Crippen LogP contribution in [0.4, 0.5) is 5.82 Å². The molecule has 0 saturated carbocycles. The van der Waals surface area contributed by atoms with Crippen molar-refractivity contribution < 1.29 is 4.79 Å². The second kappa shape index (κ2) is 6.61. The predicted molar refractivity (Wildman–Crippen MR) is 108 cm³/mol. The van der Waals surface area contributed by atoms with Crippen molar-refractivity contribution in [3.8, 4) is 5.82 Å². The predicted octanol–water partition coefficient (Wildman–Crippen LogP) is 3.28. The van der Waals surface area contributed by atoms with Crippen LogP contribution in [0.5, 0.6) is 0 Å². The van der Waals surface area contributed by atoms with Crippen molar-refractivity contribution in [3.63, 3.8) is 0 Å². The van der Waals surface area contributed by atoms with Gasteiger partial charge in [-0.05, 0) is 24.6 Å². The van der Waals surface area contributed by atoms with E-state index in [0.717, 1.165) is 16.8 Å². The number of aryl methyl sites for hydroxylation is 1. The van der Waals surface area contributed by atoms with Gasteiger partial charge in [0, 0.05) is 10.6 Å². The summed E-state index contributed by atoms with van der Waals surface area (Å²) in [5, 5.41) is 8.30. The number of halogens is 1. The van der Waals surface area contributed by atoms with E-state index >= 15 is 0 Å². The van der Waals surface area contributed by atoms with Crippen molar-refractivity contribution in [2.24, 2.45) is 0 Å². The summed E-state index contributed by atoms with van der Waals surface area (Å²) in [6.45, 7) is 1.93. The van der Waals surface area contributed by atoms with Gasteiger partial charge in [-0.25, -0.2) is 15.0 Å². The summed E-state index contributed by atoms with van der Waals surface area (Å²) in [6, 6.07) is 7.67. The first-order valence-electron chi connectivity index (χ1n) is 8.52. The molecule has 0 spiro atoms. The molecule has 1 aromatic carbocycles. The SMILES string of the molecule is Cc1nn(-c2ncnc3nc[nH]c23)c2c1C(c1ccc(Cl)cc1)SCC(=O)N2. The fourth-order valence-corrected chi connectivity index (χ4v) is 4.67. The van der Waals surface area contributed by atoms with Gasteiger partial charge >= 0.3 is 0 Å². The van der Waals surface area contributed by atoms with E-state index in [-0.39, 0.29) is 11.2 Å². The van der Waals surface area contributed by atoms with E-state index in [1.54, 1.807) is 22.8 Å². The lowest BCUT2D eigenvalue weighted by Crippen LogP contribution is -2.16. The van der Waals surface area contributed by atoms with Gasteiger partial charge in [-0.3, -0.25) is 4.79 Å². The number of carbonyl (C=O) groups is 1. The van der Waals surface area contributed by atoms with E-state index in [1.165, 1.54) is 6.33 Å². The van der Waals surface area contributed by atoms with Crippen LogP contribution in [-0.4, -0.2) is 41.4 Å². The van der Waals surface area contributed by atoms with Gasteiger partial charge in [0.25, 0.3) is 0 Å². The molecule has 28 heavy (non-hydrogen) atoms. The zero-order chi connectivity index (χ0) is 19.3. The molecule has 8 nitrogen and oxygen atoms in total. The van der Waals surface area contributed by atoms with Gasteiger partial charge in [-0.2, -0.15) is 9.78 Å². The molecule has 140 valence electrons. The lowest BCUT2D eigenvalue weighted by molar-refractivity contribution is -0.113. The maximum absolute atomic E-state index is 12.4. The number of carbonyl (C=O) groups excluding carboxylic acids is 1. The zero-order valence-corrected chi connectivity index (χ0v) is 16.3. The number of imidazole rings is 1. The lowest BCUT2D eigenvalue weighted by Gasteiger charge is -2.15. The number of fused-ring (bicyclic) bond motifs is 2. The van der Waals surface area contributed by atoms with E-state index in [0.29, 0.717) is 33.6 Å². The highest BCUT2D eigenvalue weighted by molar-refractivity contribution is 8.00.